The van der Waals surface area contributed by atoms with Crippen LogP contribution in [0.5, 0.6) is 5.75 Å². The first-order chi connectivity index (χ1) is 43.7. The zero-order valence-corrected chi connectivity index (χ0v) is 50.4. The molecule has 9 aromatic rings. The summed E-state index contributed by atoms with van der Waals surface area (Å²) in [5, 5.41) is 37.8. The molecular formula is C71H72N8O11. The number of nitrogens with one attached hydrogen (secondary N) is 6. The van der Waals surface area contributed by atoms with Gasteiger partial charge in [-0.05, 0) is 128 Å². The number of aromatic amines is 1. The van der Waals surface area contributed by atoms with Crippen LogP contribution in [0, 0.1) is 6.92 Å². The van der Waals surface area contributed by atoms with Gasteiger partial charge in [-0.3, -0.25) is 19.7 Å². The zero-order chi connectivity index (χ0) is 62.9. The summed E-state index contributed by atoms with van der Waals surface area (Å²) >= 11 is 0. The molecule has 0 spiro atoms. The maximum absolute atomic E-state index is 14.3. The quantitative estimate of drug-likeness (QED) is 0.0151. The van der Waals surface area contributed by atoms with E-state index in [-0.39, 0.29) is 68.9 Å². The Hall–Kier alpha value is -10.1. The number of pyridine rings is 2. The number of nitrogens with zero attached hydrogens (tertiary/aromatic N) is 2. The highest BCUT2D eigenvalue weighted by Gasteiger charge is 2.46. The topological polar surface area (TPSA) is 264 Å². The second kappa shape index (κ2) is 27.1. The van der Waals surface area contributed by atoms with E-state index in [1.165, 1.54) is 0 Å². The van der Waals surface area contributed by atoms with Gasteiger partial charge in [0.25, 0.3) is 5.56 Å². The van der Waals surface area contributed by atoms with Gasteiger partial charge in [0.05, 0.1) is 41.2 Å². The van der Waals surface area contributed by atoms with E-state index in [4.69, 9.17) is 19.2 Å². The zero-order valence-electron chi connectivity index (χ0n) is 50.4. The number of H-pyrrole nitrogens is 1. The number of ether oxygens (including phenoxy) is 3. The summed E-state index contributed by atoms with van der Waals surface area (Å²) in [4.78, 5) is 88.1. The van der Waals surface area contributed by atoms with E-state index < -0.39 is 53.2 Å². The number of hydrogen-bond acceptors (Lipinski definition) is 12. The molecule has 0 saturated heterocycles. The summed E-state index contributed by atoms with van der Waals surface area (Å²) in [7, 11) is 0. The van der Waals surface area contributed by atoms with Crippen LogP contribution in [0.2, 0.25) is 0 Å². The number of hydrogen-bond donors (Lipinski definition) is 8. The van der Waals surface area contributed by atoms with Gasteiger partial charge in [-0.25, -0.2) is 19.4 Å². The molecule has 0 aliphatic carbocycles. The number of aromatic nitrogens is 3. The molecule has 0 saturated carbocycles. The van der Waals surface area contributed by atoms with Crippen LogP contribution in [0.25, 0.3) is 33.2 Å². The Balaban J connectivity index is 0.698. The Bertz CT molecular complexity index is 4130. The van der Waals surface area contributed by atoms with Gasteiger partial charge in [-0.15, -0.1) is 0 Å². The first kappa shape index (κ1) is 61.5. The lowest BCUT2D eigenvalue weighted by molar-refractivity contribution is -0.172. The number of aliphatic hydroxyl groups is 1. The molecule has 19 nitrogen and oxygen atoms in total. The molecule has 8 N–H and O–H groups in total. The highest BCUT2D eigenvalue weighted by Crippen LogP contribution is 2.42. The standard InChI is InChI=1S/C71H72N8O11/c1-4-52-54-38-51(32-33-59(54)76-63-55(52)41-79-62(63)39-57-56(66(79)82)43-89-67(83)70(57,87)5-2)88-36-16-34-72-69(86)90-42-45-26-30-50(31-27-45)75-64(80)60(77-65(81)61(78-68(84)85)37-46-40-73-58-22-13-12-21-53(46)58)23-14-15-35-74-71(47-17-8-6-9-18-47,48-19-10-7-11-20-48)49-28-24-44(3)25-29-49/h6-13,17-22,24-33,38-40,60-61,73-74,78,87H,4-5,14-16,23,34-37,41-43H2,1-3H3,(H,72,86)(H,75,80)(H,77,81)(H,84,85)/t60?,61?,70-/m0/s1. The van der Waals surface area contributed by atoms with Crippen LogP contribution >= 0.6 is 0 Å². The highest BCUT2D eigenvalue weighted by atomic mass is 16.6. The van der Waals surface area contributed by atoms with Crippen LogP contribution in [0.3, 0.4) is 0 Å². The van der Waals surface area contributed by atoms with Gasteiger partial charge in [0.1, 0.15) is 31.0 Å². The molecule has 2 unspecified atom stereocenters. The number of carboxylic acid groups (broad SMARTS) is 1. The molecule has 0 fully saturated rings. The van der Waals surface area contributed by atoms with Gasteiger partial charge < -0.3 is 55.2 Å². The van der Waals surface area contributed by atoms with Crippen LogP contribution in [-0.4, -0.2) is 86.5 Å². The fourth-order valence-electron chi connectivity index (χ4n) is 12.4. The van der Waals surface area contributed by atoms with Crippen molar-refractivity contribution >= 4 is 57.5 Å². The third kappa shape index (κ3) is 12.9. The fourth-order valence-corrected chi connectivity index (χ4v) is 12.4. The van der Waals surface area contributed by atoms with Crippen LogP contribution in [0.4, 0.5) is 15.3 Å². The normalized spacial score (nSPS) is 14.8. The van der Waals surface area contributed by atoms with Gasteiger partial charge >= 0.3 is 18.2 Å². The Labute approximate surface area is 520 Å². The van der Waals surface area contributed by atoms with Gasteiger partial charge in [-0.1, -0.05) is 135 Å². The van der Waals surface area contributed by atoms with Crippen molar-refractivity contribution in [3.63, 3.8) is 0 Å². The Morgan fingerprint density at radius 1 is 0.767 bits per heavy atom. The number of para-hydroxylation sites is 1. The summed E-state index contributed by atoms with van der Waals surface area (Å²) in [6.07, 6.45) is 2.31. The van der Waals surface area contributed by atoms with Crippen molar-refractivity contribution in [2.75, 3.05) is 25.0 Å². The van der Waals surface area contributed by atoms with Crippen molar-refractivity contribution in [3.8, 4) is 17.1 Å². The lowest BCUT2D eigenvalue weighted by atomic mass is 9.76. The Morgan fingerprint density at radius 2 is 1.48 bits per heavy atom. The number of carbonyl (C=O) groups excluding carboxylic acids is 4. The van der Waals surface area contributed by atoms with E-state index >= 15 is 0 Å². The number of cyclic esters (lactones) is 1. The summed E-state index contributed by atoms with van der Waals surface area (Å²) in [5.41, 5.74) is 8.37. The number of unbranched alkanes of at least 4 members (excludes halogenated alkanes) is 1. The smallest absolute Gasteiger partial charge is 0.407 e. The minimum atomic E-state index is -1.92. The molecule has 5 heterocycles. The first-order valence-electron chi connectivity index (χ1n) is 30.5. The van der Waals surface area contributed by atoms with E-state index in [0.29, 0.717) is 66.1 Å². The molecule has 11 rings (SSSR count). The van der Waals surface area contributed by atoms with Crippen molar-refractivity contribution < 1.29 is 48.4 Å². The van der Waals surface area contributed by atoms with Crippen LogP contribution < -0.4 is 36.9 Å². The number of fused-ring (bicyclic) bond motifs is 6. The van der Waals surface area contributed by atoms with E-state index in [2.05, 4.69) is 87.0 Å². The van der Waals surface area contributed by atoms with Crippen LogP contribution in [0.15, 0.2) is 169 Å². The van der Waals surface area contributed by atoms with E-state index in [0.717, 1.165) is 55.2 Å². The average Bonchev–Trinajstić information content (AvgIpc) is 1.54. The van der Waals surface area contributed by atoms with Gasteiger partial charge in [0.15, 0.2) is 5.60 Å². The first-order valence-corrected chi connectivity index (χ1v) is 30.5. The number of carbonyl (C=O) groups is 5. The molecular weight excluding hydrogens is 1140 g/mol. The van der Waals surface area contributed by atoms with Crippen molar-refractivity contribution in [3.05, 3.63) is 230 Å². The van der Waals surface area contributed by atoms with E-state index in [9.17, 15) is 39.0 Å². The van der Waals surface area contributed by atoms with Crippen molar-refractivity contribution in [1.82, 2.24) is 35.8 Å². The summed E-state index contributed by atoms with van der Waals surface area (Å²) in [6.45, 7) is 6.90. The monoisotopic (exact) mass is 1210 g/mol. The van der Waals surface area contributed by atoms with Gasteiger partial charge in [0.2, 0.25) is 11.8 Å². The van der Waals surface area contributed by atoms with Crippen molar-refractivity contribution in [2.24, 2.45) is 0 Å². The highest BCUT2D eigenvalue weighted by molar-refractivity contribution is 5.98. The molecule has 90 heavy (non-hydrogen) atoms. The maximum atomic E-state index is 14.3. The summed E-state index contributed by atoms with van der Waals surface area (Å²) in [6, 6.07) is 48.4. The molecule has 4 amide bonds. The van der Waals surface area contributed by atoms with Crippen molar-refractivity contribution in [1.29, 1.82) is 0 Å². The summed E-state index contributed by atoms with van der Waals surface area (Å²) in [5.74, 6) is -1.30. The van der Waals surface area contributed by atoms with Crippen molar-refractivity contribution in [2.45, 2.75) is 109 Å². The third-order valence-electron chi connectivity index (χ3n) is 17.1. The number of esters is 1. The molecule has 3 atom stereocenters. The van der Waals surface area contributed by atoms with Crippen LogP contribution in [-0.2, 0) is 67.6 Å². The molecule has 2 aliphatic heterocycles. The molecule has 0 radical (unpaired) electrons. The van der Waals surface area contributed by atoms with Crippen LogP contribution in [0.1, 0.15) is 102 Å². The summed E-state index contributed by atoms with van der Waals surface area (Å²) < 4.78 is 18.5. The second-order valence-corrected chi connectivity index (χ2v) is 22.8. The largest absolute Gasteiger partial charge is 0.494 e. The number of aryl methyl sites for hydroxylation is 2. The Morgan fingerprint density at radius 3 is 2.19 bits per heavy atom. The number of rotatable bonds is 25. The predicted molar refractivity (Wildman–Crippen MR) is 342 cm³/mol. The van der Waals surface area contributed by atoms with E-state index in [1.807, 2.05) is 85.8 Å². The minimum absolute atomic E-state index is 0.0346. The van der Waals surface area contributed by atoms with E-state index in [1.54, 1.807) is 48.0 Å². The number of benzene rings is 6. The van der Waals surface area contributed by atoms with Gasteiger partial charge in [0, 0.05) is 52.3 Å². The molecule has 6 aromatic carbocycles. The average molecular weight is 1210 g/mol. The number of amides is 4. The van der Waals surface area contributed by atoms with Gasteiger partial charge in [-0.2, -0.15) is 0 Å². The maximum Gasteiger partial charge on any atom is 0.407 e. The molecule has 2 aliphatic rings. The minimum Gasteiger partial charge on any atom is -0.494 e. The molecule has 19 heteroatoms. The molecule has 462 valence electrons. The molecule has 3 aromatic heterocycles. The third-order valence-corrected chi connectivity index (χ3v) is 17.1. The molecule has 0 bridgehead atoms. The fraction of sp³-hybridized carbons (Fsp3) is 0.282. The Kier molecular flexibility index (Phi) is 18.5. The lowest BCUT2D eigenvalue weighted by Crippen LogP contribution is -2.53. The number of alkyl carbamates (subject to hydrolysis) is 1. The second-order valence-electron chi connectivity index (χ2n) is 22.8. The SMILES string of the molecule is CCc1c2c(nc3ccc(OCCCNC(=O)OCc4ccc(NC(=O)C(CCCCNC(c5ccccc5)(c5ccccc5)c5ccc(C)cc5)NC(=O)C(Cc5c[nH]c6ccccc56)NC(=O)O)cc4)cc13)-c1cc3c(c(=O)n1C2)COC(=O)[C@]3(O)CC. The lowest BCUT2D eigenvalue weighted by Gasteiger charge is -2.37. The number of anilines is 1. The predicted octanol–water partition coefficient (Wildman–Crippen LogP) is 10.2.